The third-order valence-electron chi connectivity index (χ3n) is 2.83. The van der Waals surface area contributed by atoms with Gasteiger partial charge in [0.1, 0.15) is 0 Å². The molecule has 0 aromatic heterocycles. The lowest BCUT2D eigenvalue weighted by Gasteiger charge is -2.16. The summed E-state index contributed by atoms with van der Waals surface area (Å²) in [6.07, 6.45) is 0. The second-order valence-electron chi connectivity index (χ2n) is 4.36. The van der Waals surface area contributed by atoms with Crippen LogP contribution >= 0.6 is 0 Å². The Morgan fingerprint density at radius 2 is 1.89 bits per heavy atom. The highest BCUT2D eigenvalue weighted by molar-refractivity contribution is 7.91. The number of sulfone groups is 1. The molecule has 1 aromatic carbocycles. The Morgan fingerprint density at radius 1 is 1.26 bits per heavy atom. The molecule has 1 aromatic rings. The molecule has 1 rings (SSSR count). The van der Waals surface area contributed by atoms with Crippen LogP contribution in [0.1, 0.15) is 5.56 Å². The predicted molar refractivity (Wildman–Crippen MR) is 74.6 cm³/mol. The smallest absolute Gasteiger partial charge is 0.179 e. The van der Waals surface area contributed by atoms with E-state index in [1.807, 2.05) is 25.1 Å². The van der Waals surface area contributed by atoms with E-state index in [0.717, 1.165) is 13.1 Å². The van der Waals surface area contributed by atoms with Crippen molar-refractivity contribution in [1.82, 2.24) is 10.2 Å². The van der Waals surface area contributed by atoms with Crippen LogP contribution in [0.3, 0.4) is 0 Å². The van der Waals surface area contributed by atoms with E-state index >= 15 is 0 Å². The van der Waals surface area contributed by atoms with Gasteiger partial charge < -0.3 is 10.2 Å². The molecule has 0 radical (unpaired) electrons. The molecule has 0 heterocycles. The molecule has 0 amide bonds. The Bertz CT molecular complexity index is 532. The highest BCUT2D eigenvalue weighted by Gasteiger charge is 2.15. The van der Waals surface area contributed by atoms with Crippen LogP contribution in [-0.4, -0.2) is 52.8 Å². The van der Waals surface area contributed by atoms with E-state index in [-0.39, 0.29) is 10.6 Å². The molecule has 6 heteroatoms. The number of hydrogen-bond acceptors (Lipinski definition) is 5. The molecule has 0 spiro atoms. The molecular weight excluding hydrogens is 262 g/mol. The molecule has 0 saturated heterocycles. The van der Waals surface area contributed by atoms with Gasteiger partial charge in [0.2, 0.25) is 0 Å². The lowest BCUT2D eigenvalue weighted by atomic mass is 10.2. The molecule has 0 fully saturated rings. The van der Waals surface area contributed by atoms with E-state index in [1.54, 1.807) is 0 Å². The molecule has 5 nitrogen and oxygen atoms in total. The highest BCUT2D eigenvalue weighted by atomic mass is 32.2. The quantitative estimate of drug-likeness (QED) is 0.787. The van der Waals surface area contributed by atoms with Crippen LogP contribution in [0.2, 0.25) is 0 Å². The van der Waals surface area contributed by atoms with Gasteiger partial charge in [0.05, 0.1) is 22.3 Å². The second kappa shape index (κ2) is 7.24. The molecule has 19 heavy (non-hydrogen) atoms. The first-order chi connectivity index (χ1) is 8.99. The predicted octanol–water partition coefficient (Wildman–Crippen LogP) is 0.483. The van der Waals surface area contributed by atoms with Crippen LogP contribution in [0, 0.1) is 11.3 Å². The van der Waals surface area contributed by atoms with Crippen molar-refractivity contribution in [3.8, 4) is 6.07 Å². The number of nitrogens with zero attached hydrogens (tertiary/aromatic N) is 2. The summed E-state index contributed by atoms with van der Waals surface area (Å²) in [5.41, 5.74) is 0.463. The summed E-state index contributed by atoms with van der Waals surface area (Å²) in [5, 5.41) is 11.7. The minimum atomic E-state index is -3.28. The fourth-order valence-corrected chi connectivity index (χ4v) is 2.88. The molecule has 104 valence electrons. The summed E-state index contributed by atoms with van der Waals surface area (Å²) in [6, 6.07) is 7.99. The highest BCUT2D eigenvalue weighted by Crippen LogP contribution is 2.12. The largest absolute Gasteiger partial charge is 0.318 e. The topological polar surface area (TPSA) is 73.2 Å². The molecule has 0 aliphatic carbocycles. The van der Waals surface area contributed by atoms with Crippen molar-refractivity contribution in [2.45, 2.75) is 4.90 Å². The summed E-state index contributed by atoms with van der Waals surface area (Å²) in [5.74, 6) is 0.0825. The summed E-state index contributed by atoms with van der Waals surface area (Å²) in [4.78, 5) is 2.24. The number of likely N-dealkylation sites (N-methyl/N-ethyl adjacent to an activating group) is 2. The maximum Gasteiger partial charge on any atom is 0.179 e. The molecule has 1 N–H and O–H groups in total. The number of nitrogens with one attached hydrogen (secondary N) is 1. The van der Waals surface area contributed by atoms with Gasteiger partial charge in [-0.25, -0.2) is 8.42 Å². The number of benzene rings is 1. The lowest BCUT2D eigenvalue weighted by Crippen LogP contribution is -2.31. The zero-order chi connectivity index (χ0) is 14.3. The first kappa shape index (κ1) is 15.6. The zero-order valence-electron chi connectivity index (χ0n) is 11.3. The summed E-state index contributed by atoms with van der Waals surface area (Å²) < 4.78 is 24.2. The third-order valence-corrected chi connectivity index (χ3v) is 4.54. The molecule has 0 aliphatic rings. The Kier molecular flexibility index (Phi) is 5.96. The van der Waals surface area contributed by atoms with Gasteiger partial charge in [0, 0.05) is 19.6 Å². The maximum atomic E-state index is 12.1. The molecule has 0 saturated carbocycles. The second-order valence-corrected chi connectivity index (χ2v) is 6.47. The molecular formula is C13H19N3O2S. The van der Waals surface area contributed by atoms with Crippen molar-refractivity contribution in [2.24, 2.45) is 0 Å². The number of hydrogen-bond donors (Lipinski definition) is 1. The fourth-order valence-electron chi connectivity index (χ4n) is 1.55. The van der Waals surface area contributed by atoms with Gasteiger partial charge in [-0.05, 0) is 38.4 Å². The third kappa shape index (κ3) is 4.99. The van der Waals surface area contributed by atoms with Gasteiger partial charge in [0.25, 0.3) is 0 Å². The minimum Gasteiger partial charge on any atom is -0.318 e. The summed E-state index contributed by atoms with van der Waals surface area (Å²) >= 11 is 0. The van der Waals surface area contributed by atoms with Gasteiger partial charge in [-0.3, -0.25) is 0 Å². The first-order valence-corrected chi connectivity index (χ1v) is 7.71. The van der Waals surface area contributed by atoms with Crippen molar-refractivity contribution in [3.05, 3.63) is 29.8 Å². The Balaban J connectivity index is 2.63. The van der Waals surface area contributed by atoms with E-state index in [4.69, 9.17) is 5.26 Å². The zero-order valence-corrected chi connectivity index (χ0v) is 12.1. The number of rotatable bonds is 7. The normalized spacial score (nSPS) is 11.5. The van der Waals surface area contributed by atoms with Gasteiger partial charge in [-0.2, -0.15) is 5.26 Å². The Labute approximate surface area is 114 Å². The van der Waals surface area contributed by atoms with E-state index in [0.29, 0.717) is 12.1 Å². The van der Waals surface area contributed by atoms with E-state index in [9.17, 15) is 8.42 Å². The van der Waals surface area contributed by atoms with Crippen molar-refractivity contribution in [2.75, 3.05) is 39.5 Å². The molecule has 0 atom stereocenters. The summed E-state index contributed by atoms with van der Waals surface area (Å²) in [6.45, 7) is 2.12. The van der Waals surface area contributed by atoms with E-state index in [1.165, 1.54) is 24.3 Å². The average molecular weight is 281 g/mol. The van der Waals surface area contributed by atoms with E-state index in [2.05, 4.69) is 5.32 Å². The van der Waals surface area contributed by atoms with Crippen LogP contribution < -0.4 is 5.32 Å². The van der Waals surface area contributed by atoms with Gasteiger partial charge >= 0.3 is 0 Å². The maximum absolute atomic E-state index is 12.1. The van der Waals surface area contributed by atoms with Crippen LogP contribution in [0.15, 0.2) is 29.2 Å². The molecule has 0 bridgehead atoms. The Morgan fingerprint density at radius 3 is 2.42 bits per heavy atom. The van der Waals surface area contributed by atoms with Crippen LogP contribution in [0.25, 0.3) is 0 Å². The Hall–Kier alpha value is -1.42. The molecule has 0 unspecified atom stereocenters. The van der Waals surface area contributed by atoms with Crippen LogP contribution in [0.4, 0.5) is 0 Å². The monoisotopic (exact) mass is 281 g/mol. The lowest BCUT2D eigenvalue weighted by molar-refractivity contribution is 0.354. The van der Waals surface area contributed by atoms with Crippen LogP contribution in [0.5, 0.6) is 0 Å². The van der Waals surface area contributed by atoms with Crippen molar-refractivity contribution >= 4 is 9.84 Å². The van der Waals surface area contributed by atoms with Crippen molar-refractivity contribution in [1.29, 1.82) is 5.26 Å². The van der Waals surface area contributed by atoms with Crippen LogP contribution in [-0.2, 0) is 9.84 Å². The fraction of sp³-hybridized carbons (Fsp3) is 0.462. The van der Waals surface area contributed by atoms with Crippen molar-refractivity contribution < 1.29 is 8.42 Å². The minimum absolute atomic E-state index is 0.0825. The standard InChI is InChI=1S/C13H19N3O2S/c1-15-7-8-16(2)9-10-19(17,18)13-5-3-12(11-14)4-6-13/h3-6,15H,7-10H2,1-2H3. The van der Waals surface area contributed by atoms with Gasteiger partial charge in [0.15, 0.2) is 9.84 Å². The van der Waals surface area contributed by atoms with Gasteiger partial charge in [-0.1, -0.05) is 0 Å². The number of nitriles is 1. The average Bonchev–Trinajstić information content (AvgIpc) is 2.43. The van der Waals surface area contributed by atoms with Crippen molar-refractivity contribution in [3.63, 3.8) is 0 Å². The SMILES string of the molecule is CNCCN(C)CCS(=O)(=O)c1ccc(C#N)cc1. The van der Waals surface area contributed by atoms with E-state index < -0.39 is 9.84 Å². The van der Waals surface area contributed by atoms with Gasteiger partial charge in [-0.15, -0.1) is 0 Å². The summed E-state index contributed by atoms with van der Waals surface area (Å²) in [7, 11) is 0.480. The molecule has 0 aliphatic heterocycles. The first-order valence-electron chi connectivity index (χ1n) is 6.05.